The summed E-state index contributed by atoms with van der Waals surface area (Å²) >= 11 is 1.46. The van der Waals surface area contributed by atoms with Gasteiger partial charge in [-0.05, 0) is 10.8 Å². The van der Waals surface area contributed by atoms with Gasteiger partial charge in [-0.2, -0.15) is 6.08 Å². The van der Waals surface area contributed by atoms with E-state index in [4.69, 9.17) is 0 Å². The van der Waals surface area contributed by atoms with Crippen molar-refractivity contribution in [1.29, 1.82) is 0 Å². The van der Waals surface area contributed by atoms with Crippen LogP contribution in [0.5, 0.6) is 0 Å². The Bertz CT molecular complexity index is 1510. The van der Waals surface area contributed by atoms with E-state index in [2.05, 4.69) is 157 Å². The number of hydrogen-bond acceptors (Lipinski definition) is 0. The Morgan fingerprint density at radius 3 is 1.38 bits per heavy atom. The van der Waals surface area contributed by atoms with Gasteiger partial charge in [-0.3, -0.25) is 6.08 Å². The molecule has 0 saturated heterocycles. The van der Waals surface area contributed by atoms with Crippen molar-refractivity contribution in [1.82, 2.24) is 0 Å². The molecule has 42 heavy (non-hydrogen) atoms. The summed E-state index contributed by atoms with van der Waals surface area (Å²) in [6.07, 6.45) is 10.0. The first-order valence-corrected chi connectivity index (χ1v) is 15.3. The van der Waals surface area contributed by atoms with E-state index >= 15 is 0 Å². The van der Waals surface area contributed by atoms with Crippen LogP contribution in [-0.4, -0.2) is 3.21 Å². The molecular formula is C39H40F2Zr-2. The molecule has 0 N–H and O–H groups in total. The first kappa shape index (κ1) is 35.0. The van der Waals surface area contributed by atoms with Gasteiger partial charge in [0.2, 0.25) is 0 Å². The second kappa shape index (κ2) is 15.4. The zero-order valence-electron chi connectivity index (χ0n) is 25.5. The van der Waals surface area contributed by atoms with Crippen LogP contribution in [0.1, 0.15) is 70.2 Å². The van der Waals surface area contributed by atoms with E-state index in [1.165, 1.54) is 71.2 Å². The Labute approximate surface area is 265 Å². The van der Waals surface area contributed by atoms with E-state index in [-0.39, 0.29) is 20.2 Å². The van der Waals surface area contributed by atoms with Crippen LogP contribution in [0.4, 0.5) is 0 Å². The average molecular weight is 638 g/mol. The third-order valence-corrected chi connectivity index (χ3v) is 8.57. The monoisotopic (exact) mass is 636 g/mol. The molecule has 3 heteroatoms. The number of allylic oxidation sites excluding steroid dienone is 4. The molecule has 0 fully saturated rings. The molecule has 0 amide bonds. The molecule has 0 saturated carbocycles. The van der Waals surface area contributed by atoms with Crippen LogP contribution < -0.4 is 9.41 Å². The van der Waals surface area contributed by atoms with Crippen LogP contribution in [0.2, 0.25) is 0 Å². The average Bonchev–Trinajstić information content (AvgIpc) is 3.64. The van der Waals surface area contributed by atoms with Crippen LogP contribution in [0, 0.1) is 6.08 Å². The predicted octanol–water partition coefficient (Wildman–Crippen LogP) is 4.42. The summed E-state index contributed by atoms with van der Waals surface area (Å²) in [4.78, 5) is 0. The molecule has 0 unspecified atom stereocenters. The third kappa shape index (κ3) is 9.17. The minimum atomic E-state index is 0. The first-order valence-electron chi connectivity index (χ1n) is 14.1. The van der Waals surface area contributed by atoms with E-state index in [1.54, 1.807) is 0 Å². The second-order valence-corrected chi connectivity index (χ2v) is 13.6. The molecule has 0 nitrogen and oxygen atoms in total. The number of fused-ring (bicyclic) bond motifs is 3. The Kier molecular flexibility index (Phi) is 12.8. The molecule has 6 rings (SSSR count). The summed E-state index contributed by atoms with van der Waals surface area (Å²) in [5.74, 6) is 0. The zero-order valence-corrected chi connectivity index (χ0v) is 28.0. The molecule has 0 aromatic heterocycles. The molecule has 0 bridgehead atoms. The van der Waals surface area contributed by atoms with Gasteiger partial charge < -0.3 is 9.41 Å². The summed E-state index contributed by atoms with van der Waals surface area (Å²) in [7, 11) is 0. The van der Waals surface area contributed by atoms with Gasteiger partial charge in [0, 0.05) is 0 Å². The molecule has 1 aliphatic rings. The summed E-state index contributed by atoms with van der Waals surface area (Å²) < 4.78 is 1.42. The SMILES string of the molecule is CC(C)(C)c1ccc2c(c1)[cH-]c1cc(C(C)(C)C)ccc12.[C-]1=CC=CC1.[F-].[F-].[Zr+2]=[C](c1ccccc1)c1ccccc1. The van der Waals surface area contributed by atoms with Crippen molar-refractivity contribution in [2.24, 2.45) is 0 Å². The van der Waals surface area contributed by atoms with Crippen molar-refractivity contribution in [3.63, 3.8) is 0 Å². The van der Waals surface area contributed by atoms with E-state index < -0.39 is 0 Å². The van der Waals surface area contributed by atoms with Crippen LogP contribution in [0.25, 0.3) is 21.5 Å². The quantitative estimate of drug-likeness (QED) is 0.252. The van der Waals surface area contributed by atoms with Gasteiger partial charge in [0.05, 0.1) is 0 Å². The number of benzene rings is 4. The first-order chi connectivity index (χ1) is 19.0. The van der Waals surface area contributed by atoms with Crippen molar-refractivity contribution in [2.75, 3.05) is 0 Å². The van der Waals surface area contributed by atoms with Gasteiger partial charge in [-0.1, -0.05) is 76.9 Å². The Morgan fingerprint density at radius 2 is 1.07 bits per heavy atom. The van der Waals surface area contributed by atoms with E-state index in [1.807, 2.05) is 12.2 Å². The molecule has 1 aliphatic carbocycles. The van der Waals surface area contributed by atoms with Crippen molar-refractivity contribution >= 4 is 24.8 Å². The van der Waals surface area contributed by atoms with E-state index in [0.717, 1.165) is 6.42 Å². The summed E-state index contributed by atoms with van der Waals surface area (Å²) in [6, 6.07) is 37.3. The van der Waals surface area contributed by atoms with Crippen molar-refractivity contribution in [3.05, 3.63) is 150 Å². The molecule has 0 spiro atoms. The van der Waals surface area contributed by atoms with Gasteiger partial charge in [0.15, 0.2) is 0 Å². The van der Waals surface area contributed by atoms with Gasteiger partial charge in [0.25, 0.3) is 0 Å². The van der Waals surface area contributed by atoms with Crippen molar-refractivity contribution in [2.45, 2.75) is 58.8 Å². The fraction of sp³-hybridized carbons (Fsp3) is 0.231. The minimum absolute atomic E-state index is 0. The van der Waals surface area contributed by atoms with Gasteiger partial charge in [0.1, 0.15) is 0 Å². The van der Waals surface area contributed by atoms with Gasteiger partial charge in [-0.25, -0.2) is 12.2 Å². The van der Waals surface area contributed by atoms with Crippen LogP contribution >= 0.6 is 0 Å². The number of halogens is 2. The van der Waals surface area contributed by atoms with Crippen LogP contribution in [0.3, 0.4) is 0 Å². The van der Waals surface area contributed by atoms with E-state index in [0.29, 0.717) is 0 Å². The molecular weight excluding hydrogens is 598 g/mol. The summed E-state index contributed by atoms with van der Waals surface area (Å²) in [5.41, 5.74) is 5.87. The van der Waals surface area contributed by atoms with Gasteiger partial charge >= 0.3 is 99.2 Å². The molecule has 216 valence electrons. The third-order valence-electron chi connectivity index (χ3n) is 7.15. The Morgan fingerprint density at radius 1 is 0.643 bits per heavy atom. The topological polar surface area (TPSA) is 0 Å². The number of rotatable bonds is 2. The fourth-order valence-electron chi connectivity index (χ4n) is 4.67. The Balaban J connectivity index is 0.000000253. The Hall–Kier alpha value is -3.16. The molecule has 0 heterocycles. The summed E-state index contributed by atoms with van der Waals surface area (Å²) in [6.45, 7) is 13.6. The van der Waals surface area contributed by atoms with Gasteiger partial charge in [-0.15, -0.1) is 46.2 Å². The summed E-state index contributed by atoms with van der Waals surface area (Å²) in [5, 5.41) is 5.48. The van der Waals surface area contributed by atoms with Crippen LogP contribution in [0.15, 0.2) is 121 Å². The van der Waals surface area contributed by atoms with Crippen molar-refractivity contribution in [3.8, 4) is 0 Å². The predicted molar refractivity (Wildman–Crippen MR) is 172 cm³/mol. The molecule has 0 atom stereocenters. The van der Waals surface area contributed by atoms with Crippen molar-refractivity contribution < 1.29 is 33.6 Å². The second-order valence-electron chi connectivity index (χ2n) is 12.4. The van der Waals surface area contributed by atoms with E-state index in [9.17, 15) is 0 Å². The molecule has 5 aromatic carbocycles. The maximum absolute atomic E-state index is 2.99. The molecule has 5 aromatic rings. The molecule has 0 aliphatic heterocycles. The van der Waals surface area contributed by atoms with Crippen LogP contribution in [-0.2, 0) is 35.1 Å². The number of hydrogen-bond donors (Lipinski definition) is 0. The molecule has 0 radical (unpaired) electrons. The normalized spacial score (nSPS) is 12.0. The standard InChI is InChI=1S/C21H25.C13H10.C5H5.2FH.Zr/c1-20(2,3)16-7-9-18-14(12-16)11-15-13-17(21(4,5)6)8-10-19(15)18;1-3-7-12(8-4-1)11-13-9-5-2-6-10-13;1-2-4-5-3-1;;;/h7-13H,1-6H3;1-10H;1-3H,4H2;2*1H;/q-1;;-1;;;+2/p-2. The fourth-order valence-corrected chi connectivity index (χ4v) is 5.49. The maximum atomic E-state index is 2.99. The zero-order chi connectivity index (χ0) is 28.8.